The molecule has 2 heteroatoms. The molecule has 0 radical (unpaired) electrons. The van der Waals surface area contributed by atoms with Crippen molar-refractivity contribution < 1.29 is 4.79 Å². The lowest BCUT2D eigenvalue weighted by Gasteiger charge is -2.01. The van der Waals surface area contributed by atoms with E-state index < -0.39 is 0 Å². The molecule has 1 aromatic rings. The minimum atomic E-state index is 0.250. The van der Waals surface area contributed by atoms with Gasteiger partial charge in [-0.05, 0) is 31.0 Å². The van der Waals surface area contributed by atoms with Crippen molar-refractivity contribution in [2.45, 2.75) is 26.2 Å². The molecule has 80 valence electrons. The van der Waals surface area contributed by atoms with E-state index in [1.807, 2.05) is 31.2 Å². The number of carbonyl (C=O) groups is 1. The Morgan fingerprint density at radius 3 is 2.40 bits per heavy atom. The summed E-state index contributed by atoms with van der Waals surface area (Å²) in [7, 11) is 0. The van der Waals surface area contributed by atoms with Crippen molar-refractivity contribution in [3.8, 4) is 0 Å². The monoisotopic (exact) mass is 222 g/mol. The Balaban J connectivity index is 2.44. The van der Waals surface area contributed by atoms with E-state index in [0.29, 0.717) is 17.9 Å². The van der Waals surface area contributed by atoms with Gasteiger partial charge >= 0.3 is 0 Å². The van der Waals surface area contributed by atoms with Crippen LogP contribution in [0.15, 0.2) is 36.4 Å². The number of benzene rings is 1. The molecule has 0 fully saturated rings. The Hall–Kier alpha value is -1.08. The molecular weight excluding hydrogens is 208 g/mol. The van der Waals surface area contributed by atoms with Crippen molar-refractivity contribution in [3.63, 3.8) is 0 Å². The molecule has 0 spiro atoms. The van der Waals surface area contributed by atoms with Gasteiger partial charge in [-0.3, -0.25) is 4.79 Å². The van der Waals surface area contributed by atoms with Gasteiger partial charge < -0.3 is 0 Å². The maximum atomic E-state index is 11.5. The first-order valence-electron chi connectivity index (χ1n) is 4.98. The molecule has 1 aromatic carbocycles. The summed E-state index contributed by atoms with van der Waals surface area (Å²) in [6.07, 6.45) is 1.86. The highest BCUT2D eigenvalue weighted by atomic mass is 35.5. The van der Waals surface area contributed by atoms with Gasteiger partial charge in [-0.15, -0.1) is 6.58 Å². The van der Waals surface area contributed by atoms with E-state index in [1.165, 1.54) is 0 Å². The van der Waals surface area contributed by atoms with Crippen LogP contribution in [0.1, 0.15) is 25.3 Å². The van der Waals surface area contributed by atoms with Gasteiger partial charge in [-0.1, -0.05) is 29.3 Å². The highest BCUT2D eigenvalue weighted by Crippen LogP contribution is 2.11. The summed E-state index contributed by atoms with van der Waals surface area (Å²) in [5.74, 6) is 0.250. The first kappa shape index (κ1) is 12.0. The Kier molecular flexibility index (Phi) is 4.57. The van der Waals surface area contributed by atoms with Crippen molar-refractivity contribution in [3.05, 3.63) is 47.0 Å². The molecule has 0 atom stereocenters. The zero-order chi connectivity index (χ0) is 11.3. The van der Waals surface area contributed by atoms with E-state index in [4.69, 9.17) is 11.6 Å². The molecule has 0 aliphatic heterocycles. The number of carbonyl (C=O) groups excluding carboxylic acids is 1. The minimum Gasteiger partial charge on any atom is -0.299 e. The number of halogens is 1. The van der Waals surface area contributed by atoms with Crippen molar-refractivity contribution in [1.82, 2.24) is 0 Å². The van der Waals surface area contributed by atoms with E-state index >= 15 is 0 Å². The molecule has 15 heavy (non-hydrogen) atoms. The van der Waals surface area contributed by atoms with Crippen LogP contribution < -0.4 is 0 Å². The molecule has 0 aliphatic carbocycles. The highest BCUT2D eigenvalue weighted by molar-refractivity contribution is 6.30. The first-order chi connectivity index (χ1) is 7.08. The quantitative estimate of drug-likeness (QED) is 0.693. The van der Waals surface area contributed by atoms with Crippen LogP contribution in [0, 0.1) is 0 Å². The Bertz CT molecular complexity index is 351. The standard InChI is InChI=1S/C13H15ClO/c1-10(2)3-8-13(15)9-11-4-6-12(14)7-5-11/h4-7H,1,3,8-9H2,2H3. The van der Waals surface area contributed by atoms with Gasteiger partial charge in [0, 0.05) is 17.9 Å². The van der Waals surface area contributed by atoms with E-state index in [2.05, 4.69) is 6.58 Å². The second-order valence-corrected chi connectivity index (χ2v) is 4.24. The second-order valence-electron chi connectivity index (χ2n) is 3.80. The molecule has 0 bridgehead atoms. The number of rotatable bonds is 5. The first-order valence-corrected chi connectivity index (χ1v) is 5.36. The molecule has 0 N–H and O–H groups in total. The summed E-state index contributed by atoms with van der Waals surface area (Å²) < 4.78 is 0. The third-order valence-electron chi connectivity index (χ3n) is 2.15. The van der Waals surface area contributed by atoms with Gasteiger partial charge in [-0.25, -0.2) is 0 Å². The molecule has 0 amide bonds. The summed E-state index contributed by atoms with van der Waals surface area (Å²) >= 11 is 5.75. The largest absolute Gasteiger partial charge is 0.299 e. The van der Waals surface area contributed by atoms with Crippen LogP contribution in [-0.2, 0) is 11.2 Å². The Morgan fingerprint density at radius 1 is 1.27 bits per heavy atom. The molecule has 0 unspecified atom stereocenters. The fourth-order valence-corrected chi connectivity index (χ4v) is 1.40. The molecule has 0 aliphatic rings. The van der Waals surface area contributed by atoms with Crippen LogP contribution in [0.2, 0.25) is 5.02 Å². The number of hydrogen-bond donors (Lipinski definition) is 0. The summed E-state index contributed by atoms with van der Waals surface area (Å²) in [5.41, 5.74) is 2.07. The Morgan fingerprint density at radius 2 is 1.87 bits per heavy atom. The van der Waals surface area contributed by atoms with E-state index in [0.717, 1.165) is 17.6 Å². The molecule has 0 heterocycles. The van der Waals surface area contributed by atoms with E-state index in [-0.39, 0.29) is 5.78 Å². The number of hydrogen-bond acceptors (Lipinski definition) is 1. The molecule has 1 nitrogen and oxygen atoms in total. The van der Waals surface area contributed by atoms with E-state index in [1.54, 1.807) is 0 Å². The number of Topliss-reactive ketones (excluding diaryl/α,β-unsaturated/α-hetero) is 1. The zero-order valence-electron chi connectivity index (χ0n) is 8.92. The van der Waals surface area contributed by atoms with Gasteiger partial charge in [0.1, 0.15) is 5.78 Å². The highest BCUT2D eigenvalue weighted by Gasteiger charge is 2.03. The lowest BCUT2D eigenvalue weighted by molar-refractivity contribution is -0.118. The molecule has 1 rings (SSSR count). The zero-order valence-corrected chi connectivity index (χ0v) is 9.68. The lowest BCUT2D eigenvalue weighted by atomic mass is 10.0. The number of allylic oxidation sites excluding steroid dienone is 1. The predicted molar refractivity (Wildman–Crippen MR) is 64.2 cm³/mol. The topological polar surface area (TPSA) is 17.1 Å². The fourth-order valence-electron chi connectivity index (χ4n) is 1.27. The average molecular weight is 223 g/mol. The SMILES string of the molecule is C=C(C)CCC(=O)Cc1ccc(Cl)cc1. The van der Waals surface area contributed by atoms with Crippen molar-refractivity contribution in [1.29, 1.82) is 0 Å². The average Bonchev–Trinajstić information content (AvgIpc) is 2.19. The van der Waals surface area contributed by atoms with E-state index in [9.17, 15) is 4.79 Å². The smallest absolute Gasteiger partial charge is 0.137 e. The van der Waals surface area contributed by atoms with Crippen LogP contribution in [-0.4, -0.2) is 5.78 Å². The maximum absolute atomic E-state index is 11.5. The molecule has 0 saturated heterocycles. The van der Waals surface area contributed by atoms with Crippen LogP contribution in [0.4, 0.5) is 0 Å². The van der Waals surface area contributed by atoms with Gasteiger partial charge in [-0.2, -0.15) is 0 Å². The Labute approximate surface area is 95.8 Å². The van der Waals surface area contributed by atoms with Crippen molar-refractivity contribution in [2.75, 3.05) is 0 Å². The van der Waals surface area contributed by atoms with Crippen LogP contribution >= 0.6 is 11.6 Å². The maximum Gasteiger partial charge on any atom is 0.137 e. The second kappa shape index (κ2) is 5.72. The fraction of sp³-hybridized carbons (Fsp3) is 0.308. The predicted octanol–water partition coefficient (Wildman–Crippen LogP) is 3.81. The van der Waals surface area contributed by atoms with Crippen molar-refractivity contribution >= 4 is 17.4 Å². The normalized spacial score (nSPS) is 10.0. The summed E-state index contributed by atoms with van der Waals surface area (Å²) in [6.45, 7) is 5.72. The minimum absolute atomic E-state index is 0.250. The molecule has 0 saturated carbocycles. The van der Waals surface area contributed by atoms with Crippen molar-refractivity contribution in [2.24, 2.45) is 0 Å². The van der Waals surface area contributed by atoms with Gasteiger partial charge in [0.25, 0.3) is 0 Å². The van der Waals surface area contributed by atoms with Gasteiger partial charge in [0.2, 0.25) is 0 Å². The number of ketones is 1. The van der Waals surface area contributed by atoms with Crippen LogP contribution in [0.5, 0.6) is 0 Å². The molecule has 0 aromatic heterocycles. The summed E-state index contributed by atoms with van der Waals surface area (Å²) in [5, 5.41) is 0.702. The molecular formula is C13H15ClO. The third kappa shape index (κ3) is 4.80. The van der Waals surface area contributed by atoms with Crippen LogP contribution in [0.3, 0.4) is 0 Å². The summed E-state index contributed by atoms with van der Waals surface area (Å²) in [6, 6.07) is 7.40. The lowest BCUT2D eigenvalue weighted by Crippen LogP contribution is -2.02. The van der Waals surface area contributed by atoms with Gasteiger partial charge in [0.15, 0.2) is 0 Å². The summed E-state index contributed by atoms with van der Waals surface area (Å²) in [4.78, 5) is 11.5. The van der Waals surface area contributed by atoms with Gasteiger partial charge in [0.05, 0.1) is 0 Å². The third-order valence-corrected chi connectivity index (χ3v) is 2.40. The van der Waals surface area contributed by atoms with Crippen LogP contribution in [0.25, 0.3) is 0 Å².